The average molecular weight is 881 g/mol. The normalized spacial score (nSPS) is 12.3. The summed E-state index contributed by atoms with van der Waals surface area (Å²) < 4.78 is 13.4. The highest BCUT2D eigenvalue weighted by molar-refractivity contribution is 6.12. The van der Waals surface area contributed by atoms with E-state index in [1.165, 1.54) is 49.7 Å². The zero-order valence-electron chi connectivity index (χ0n) is 39.4. The number of para-hydroxylation sites is 5. The Morgan fingerprint density at radius 3 is 2.03 bits per heavy atom. The van der Waals surface area contributed by atoms with Crippen LogP contribution in [0.3, 0.4) is 0 Å². The molecule has 8 aromatic carbocycles. The molecule has 0 amide bonds. The predicted octanol–water partition coefficient (Wildman–Crippen LogP) is 15.6. The Labute approximate surface area is 397 Å². The van der Waals surface area contributed by atoms with Crippen LogP contribution in [-0.2, 0) is 17.3 Å². The van der Waals surface area contributed by atoms with Crippen molar-refractivity contribution in [1.82, 2.24) is 14.1 Å². The maximum absolute atomic E-state index is 6.55. The van der Waals surface area contributed by atoms with Crippen molar-refractivity contribution in [1.29, 1.82) is 0 Å². The molecule has 12 aromatic rings. The first-order valence-electron chi connectivity index (χ1n) is 23.7. The lowest BCUT2D eigenvalue weighted by Gasteiger charge is -2.25. The standard InChI is InChI=1S/C63H52N4O/c1-62(2,3)44-32-30-43(31-33-44)46-22-16-23-51(47-19-7-10-24-53(47)63(4,5)6)59(46)66-40-65(55-26-12-13-27-56(55)66)45-18-15-17-41(38-45)37-42-29-34-49-48-20-8-11-25-54(48)67(57(49)39-42)61-60-52(35-36-64-61)50-21-9-14-28-58(50)68-60/h7-36,38-39H,37H2,1-6H3. The van der Waals surface area contributed by atoms with Crippen molar-refractivity contribution in [2.75, 3.05) is 0 Å². The molecule has 0 aliphatic heterocycles. The molecule has 0 aliphatic rings. The van der Waals surface area contributed by atoms with E-state index in [1.807, 2.05) is 18.3 Å². The third-order valence-electron chi connectivity index (χ3n) is 13.7. The molecule has 0 fully saturated rings. The summed E-state index contributed by atoms with van der Waals surface area (Å²) >= 11 is 0. The van der Waals surface area contributed by atoms with Gasteiger partial charge >= 0.3 is 0 Å². The largest absolute Gasteiger partial charge is 0.452 e. The summed E-state index contributed by atoms with van der Waals surface area (Å²) in [6, 6.07) is 68.2. The second-order valence-corrected chi connectivity index (χ2v) is 20.2. The smallest absolute Gasteiger partial charge is 0.269 e. The molecule has 330 valence electrons. The van der Waals surface area contributed by atoms with Gasteiger partial charge in [0.05, 0.1) is 33.4 Å². The summed E-state index contributed by atoms with van der Waals surface area (Å²) in [4.78, 5) is 4.99. The molecule has 68 heavy (non-hydrogen) atoms. The molecule has 0 saturated heterocycles. The highest BCUT2D eigenvalue weighted by Crippen LogP contribution is 2.41. The molecule has 12 rings (SSSR count). The molecule has 0 bridgehead atoms. The van der Waals surface area contributed by atoms with Crippen LogP contribution >= 0.6 is 0 Å². The van der Waals surface area contributed by atoms with Gasteiger partial charge in [-0.25, -0.2) is 4.98 Å². The summed E-state index contributed by atoms with van der Waals surface area (Å²) in [5.74, 6) is 0.793. The van der Waals surface area contributed by atoms with Crippen LogP contribution in [0.25, 0.3) is 94.2 Å². The van der Waals surface area contributed by atoms with Gasteiger partial charge in [-0.2, -0.15) is 0 Å². The van der Waals surface area contributed by atoms with Crippen LogP contribution in [0.2, 0.25) is 0 Å². The molecular weight excluding hydrogens is 829 g/mol. The minimum Gasteiger partial charge on any atom is -0.452 e. The van der Waals surface area contributed by atoms with Gasteiger partial charge in [0.2, 0.25) is 0 Å². The van der Waals surface area contributed by atoms with E-state index in [2.05, 4.69) is 237 Å². The van der Waals surface area contributed by atoms with Crippen LogP contribution in [0.15, 0.2) is 199 Å². The lowest BCUT2D eigenvalue weighted by molar-refractivity contribution is -0.571. The van der Waals surface area contributed by atoms with E-state index >= 15 is 0 Å². The molecule has 4 heterocycles. The van der Waals surface area contributed by atoms with Crippen molar-refractivity contribution >= 4 is 54.8 Å². The number of hydrogen-bond donors (Lipinski definition) is 0. The lowest BCUT2D eigenvalue weighted by atomic mass is 9.81. The van der Waals surface area contributed by atoms with Crippen LogP contribution in [0, 0.1) is 6.33 Å². The molecular formula is C63H52N4O. The summed E-state index contributed by atoms with van der Waals surface area (Å²) in [5, 5.41) is 4.51. The van der Waals surface area contributed by atoms with Gasteiger partial charge in [0, 0.05) is 27.7 Å². The van der Waals surface area contributed by atoms with Crippen LogP contribution in [0.4, 0.5) is 0 Å². The van der Waals surface area contributed by atoms with Gasteiger partial charge < -0.3 is 4.42 Å². The fraction of sp³-hybridized carbons (Fsp3) is 0.143. The highest BCUT2D eigenvalue weighted by Gasteiger charge is 2.25. The number of aromatic nitrogens is 4. The van der Waals surface area contributed by atoms with Crippen molar-refractivity contribution in [2.24, 2.45) is 0 Å². The van der Waals surface area contributed by atoms with Gasteiger partial charge in [-0.15, -0.1) is 0 Å². The first-order chi connectivity index (χ1) is 33.0. The maximum atomic E-state index is 6.55. The van der Waals surface area contributed by atoms with Crippen molar-refractivity contribution in [3.8, 4) is 39.4 Å². The second-order valence-electron chi connectivity index (χ2n) is 20.2. The van der Waals surface area contributed by atoms with Gasteiger partial charge in [-0.3, -0.25) is 13.7 Å². The Morgan fingerprint density at radius 2 is 1.21 bits per heavy atom. The highest BCUT2D eigenvalue weighted by atomic mass is 16.3. The van der Waals surface area contributed by atoms with Crippen LogP contribution < -0.4 is 4.57 Å². The molecule has 0 unspecified atom stereocenters. The fourth-order valence-corrected chi connectivity index (χ4v) is 10.4. The molecule has 5 nitrogen and oxygen atoms in total. The molecule has 0 aliphatic carbocycles. The molecule has 0 N–H and O–H groups in total. The Hall–Kier alpha value is -8.02. The molecule has 0 spiro atoms. The first-order valence-corrected chi connectivity index (χ1v) is 23.7. The Morgan fingerprint density at radius 1 is 0.529 bits per heavy atom. The zero-order valence-corrected chi connectivity index (χ0v) is 39.4. The number of furan rings is 1. The van der Waals surface area contributed by atoms with E-state index in [0.29, 0.717) is 0 Å². The van der Waals surface area contributed by atoms with E-state index in [4.69, 9.17) is 9.40 Å². The van der Waals surface area contributed by atoms with Gasteiger partial charge in [0.1, 0.15) is 5.58 Å². The monoisotopic (exact) mass is 880 g/mol. The van der Waals surface area contributed by atoms with Crippen molar-refractivity contribution in [2.45, 2.75) is 58.8 Å². The van der Waals surface area contributed by atoms with E-state index in [1.54, 1.807) is 0 Å². The van der Waals surface area contributed by atoms with Crippen molar-refractivity contribution in [3.63, 3.8) is 0 Å². The first kappa shape index (κ1) is 41.4. The minimum atomic E-state index is -0.0678. The molecule has 0 saturated carbocycles. The topological polar surface area (TPSA) is 39.8 Å². The fourth-order valence-electron chi connectivity index (χ4n) is 10.4. The maximum Gasteiger partial charge on any atom is 0.269 e. The van der Waals surface area contributed by atoms with Crippen molar-refractivity contribution in [3.05, 3.63) is 223 Å². The predicted molar refractivity (Wildman–Crippen MR) is 281 cm³/mol. The Kier molecular flexibility index (Phi) is 9.63. The summed E-state index contributed by atoms with van der Waals surface area (Å²) in [5.41, 5.74) is 17.9. The summed E-state index contributed by atoms with van der Waals surface area (Å²) in [7, 11) is 0. The summed E-state index contributed by atoms with van der Waals surface area (Å²) in [6.07, 6.45) is 6.57. The van der Waals surface area contributed by atoms with Gasteiger partial charge in [0.25, 0.3) is 6.33 Å². The third kappa shape index (κ3) is 6.92. The van der Waals surface area contributed by atoms with Gasteiger partial charge in [-0.1, -0.05) is 193 Å². The number of benzene rings is 8. The van der Waals surface area contributed by atoms with Gasteiger partial charge in [0.15, 0.2) is 11.4 Å². The summed E-state index contributed by atoms with van der Waals surface area (Å²) in [6.45, 7) is 13.7. The zero-order chi connectivity index (χ0) is 46.3. The number of rotatable bonds is 7. The van der Waals surface area contributed by atoms with Gasteiger partial charge in [-0.05, 0) is 98.2 Å². The average Bonchev–Trinajstić information content (AvgIpc) is 4.03. The minimum absolute atomic E-state index is 0.0506. The molecule has 4 aromatic heterocycles. The Balaban J connectivity index is 0.990. The van der Waals surface area contributed by atoms with Crippen LogP contribution in [-0.4, -0.2) is 14.1 Å². The molecule has 0 radical (unpaired) electrons. The lowest BCUT2D eigenvalue weighted by Crippen LogP contribution is -2.31. The van der Waals surface area contributed by atoms with E-state index in [9.17, 15) is 0 Å². The second kappa shape index (κ2) is 15.8. The van der Waals surface area contributed by atoms with Crippen LogP contribution in [0.5, 0.6) is 0 Å². The number of fused-ring (bicyclic) bond motifs is 7. The van der Waals surface area contributed by atoms with E-state index in [-0.39, 0.29) is 10.8 Å². The SMILES string of the molecule is CC(C)(C)c1ccc(-c2cccc(-c3ccccc3C(C)(C)C)c2-[n+]2[c-]n(-c3cccc(Cc4ccc5c6ccccc6n(-c6nccc7c6oc6ccccc67)c5c4)c3)c3ccccc32)cc1. The number of pyridine rings is 1. The van der Waals surface area contributed by atoms with Crippen molar-refractivity contribution < 1.29 is 8.98 Å². The Bertz CT molecular complexity index is 3900. The van der Waals surface area contributed by atoms with E-state index < -0.39 is 0 Å². The number of imidazole rings is 1. The molecule has 5 heteroatoms. The number of nitrogens with zero attached hydrogens (tertiary/aromatic N) is 4. The van der Waals surface area contributed by atoms with E-state index in [0.717, 1.165) is 73.2 Å². The number of hydrogen-bond acceptors (Lipinski definition) is 2. The molecule has 0 atom stereocenters. The third-order valence-corrected chi connectivity index (χ3v) is 13.7. The van der Waals surface area contributed by atoms with Crippen LogP contribution in [0.1, 0.15) is 63.8 Å². The quantitative estimate of drug-likeness (QED) is 0.118.